The SMILES string of the molecule is C1CC2C3C(C1)C23.CCOC=O. The molecule has 4 aliphatic rings. The van der Waals surface area contributed by atoms with Gasteiger partial charge >= 0.3 is 0 Å². The fourth-order valence-corrected chi connectivity index (χ4v) is 2.77. The van der Waals surface area contributed by atoms with Gasteiger partial charge in [-0.05, 0) is 43.4 Å². The van der Waals surface area contributed by atoms with Crippen molar-refractivity contribution >= 4 is 6.47 Å². The van der Waals surface area contributed by atoms with Gasteiger partial charge in [-0.1, -0.05) is 6.42 Å². The van der Waals surface area contributed by atoms with Crippen LogP contribution in [0.3, 0.4) is 0 Å². The molecule has 2 nitrogen and oxygen atoms in total. The molecule has 0 aromatic carbocycles. The molecule has 2 heteroatoms. The van der Waals surface area contributed by atoms with Crippen molar-refractivity contribution in [2.75, 3.05) is 6.61 Å². The lowest BCUT2D eigenvalue weighted by Crippen LogP contribution is -2.07. The van der Waals surface area contributed by atoms with E-state index in [0.717, 1.165) is 0 Å². The minimum Gasteiger partial charge on any atom is -0.468 e. The number of fused-ring (bicyclic) bond motifs is 2. The molecule has 0 atom stereocenters. The lowest BCUT2D eigenvalue weighted by molar-refractivity contribution is -0.128. The Labute approximate surface area is 73.3 Å². The van der Waals surface area contributed by atoms with Gasteiger partial charge in [0, 0.05) is 0 Å². The van der Waals surface area contributed by atoms with Gasteiger partial charge in [-0.15, -0.1) is 0 Å². The molecule has 0 radical (unpaired) electrons. The summed E-state index contributed by atoms with van der Waals surface area (Å²) < 4.78 is 4.15. The zero-order valence-corrected chi connectivity index (χ0v) is 7.53. The van der Waals surface area contributed by atoms with Crippen molar-refractivity contribution in [3.05, 3.63) is 0 Å². The summed E-state index contributed by atoms with van der Waals surface area (Å²) >= 11 is 0. The largest absolute Gasteiger partial charge is 0.468 e. The van der Waals surface area contributed by atoms with Crippen LogP contribution in [0, 0.1) is 23.7 Å². The summed E-state index contributed by atoms with van der Waals surface area (Å²) in [5, 5.41) is 0. The third kappa shape index (κ3) is 1.23. The van der Waals surface area contributed by atoms with Gasteiger partial charge in [0.2, 0.25) is 0 Å². The second-order valence-electron chi connectivity index (χ2n) is 3.96. The molecule has 2 bridgehead atoms. The van der Waals surface area contributed by atoms with Gasteiger partial charge in [0.25, 0.3) is 6.47 Å². The predicted octanol–water partition coefficient (Wildman–Crippen LogP) is 1.84. The van der Waals surface area contributed by atoms with Crippen LogP contribution in [0.25, 0.3) is 0 Å². The van der Waals surface area contributed by atoms with Crippen LogP contribution in [-0.4, -0.2) is 13.1 Å². The smallest absolute Gasteiger partial charge is 0.293 e. The Morgan fingerprint density at radius 2 is 1.92 bits per heavy atom. The second kappa shape index (κ2) is 3.08. The molecule has 4 fully saturated rings. The van der Waals surface area contributed by atoms with E-state index in [4.69, 9.17) is 0 Å². The lowest BCUT2D eigenvalue weighted by Gasteiger charge is -2.16. The van der Waals surface area contributed by atoms with E-state index in [1.54, 1.807) is 26.2 Å². The molecule has 0 aromatic rings. The molecule has 0 saturated heterocycles. The topological polar surface area (TPSA) is 26.3 Å². The maximum atomic E-state index is 9.18. The Bertz CT molecular complexity index is 145. The van der Waals surface area contributed by atoms with Gasteiger partial charge in [-0.25, -0.2) is 0 Å². The number of carbonyl (C=O) groups excluding carboxylic acids is 1. The first kappa shape index (κ1) is 8.09. The van der Waals surface area contributed by atoms with Crippen molar-refractivity contribution in [2.24, 2.45) is 23.7 Å². The molecular formula is C10H16O2. The van der Waals surface area contributed by atoms with E-state index < -0.39 is 0 Å². The van der Waals surface area contributed by atoms with Gasteiger partial charge in [0.05, 0.1) is 6.61 Å². The van der Waals surface area contributed by atoms with E-state index >= 15 is 0 Å². The van der Waals surface area contributed by atoms with Gasteiger partial charge in [-0.3, -0.25) is 4.79 Å². The minimum absolute atomic E-state index is 0.431. The van der Waals surface area contributed by atoms with Crippen LogP contribution in [0.15, 0.2) is 0 Å². The average Bonchev–Trinajstić information content (AvgIpc) is 2.97. The fourth-order valence-electron chi connectivity index (χ4n) is 2.77. The molecule has 0 aliphatic heterocycles. The van der Waals surface area contributed by atoms with Crippen molar-refractivity contribution < 1.29 is 9.53 Å². The third-order valence-electron chi connectivity index (χ3n) is 3.45. The van der Waals surface area contributed by atoms with E-state index in [1.807, 2.05) is 0 Å². The normalized spacial score (nSPS) is 44.8. The first-order chi connectivity index (χ1) is 5.90. The minimum atomic E-state index is 0.431. The quantitative estimate of drug-likeness (QED) is 0.588. The summed E-state index contributed by atoms with van der Waals surface area (Å²) in [6, 6.07) is 0. The number of hydrogen-bond donors (Lipinski definition) is 0. The predicted molar refractivity (Wildman–Crippen MR) is 45.5 cm³/mol. The van der Waals surface area contributed by atoms with Crippen LogP contribution >= 0.6 is 0 Å². The summed E-state index contributed by atoms with van der Waals surface area (Å²) in [6.07, 6.45) is 4.74. The third-order valence-corrected chi connectivity index (χ3v) is 3.45. The molecule has 12 heavy (non-hydrogen) atoms. The van der Waals surface area contributed by atoms with Crippen LogP contribution in [0.5, 0.6) is 0 Å². The maximum Gasteiger partial charge on any atom is 0.293 e. The Kier molecular flexibility index (Phi) is 2.07. The van der Waals surface area contributed by atoms with Gasteiger partial charge < -0.3 is 4.74 Å². The number of hydrogen-bond acceptors (Lipinski definition) is 2. The molecule has 0 aromatic heterocycles. The van der Waals surface area contributed by atoms with E-state index in [1.165, 1.54) is 23.7 Å². The van der Waals surface area contributed by atoms with Crippen molar-refractivity contribution in [3.63, 3.8) is 0 Å². The molecule has 0 spiro atoms. The highest BCUT2D eigenvalue weighted by Gasteiger charge is 2.73. The molecule has 4 aliphatic carbocycles. The van der Waals surface area contributed by atoms with Crippen molar-refractivity contribution in [3.8, 4) is 0 Å². The summed E-state index contributed by atoms with van der Waals surface area (Å²) in [6.45, 7) is 2.66. The Balaban J connectivity index is 0.000000103. The van der Waals surface area contributed by atoms with E-state index in [0.29, 0.717) is 13.1 Å². The highest BCUT2D eigenvalue weighted by atomic mass is 16.5. The zero-order chi connectivity index (χ0) is 8.55. The molecule has 0 amide bonds. The molecule has 68 valence electrons. The molecule has 0 unspecified atom stereocenters. The molecule has 4 saturated carbocycles. The highest BCUT2D eigenvalue weighted by Crippen LogP contribution is 2.78. The van der Waals surface area contributed by atoms with Crippen molar-refractivity contribution in [2.45, 2.75) is 26.2 Å². The van der Waals surface area contributed by atoms with Crippen LogP contribution in [0.1, 0.15) is 26.2 Å². The first-order valence-corrected chi connectivity index (χ1v) is 4.95. The van der Waals surface area contributed by atoms with E-state index in [9.17, 15) is 4.79 Å². The van der Waals surface area contributed by atoms with Gasteiger partial charge in [0.1, 0.15) is 0 Å². The number of ether oxygens (including phenoxy) is 1. The molecule has 4 rings (SSSR count). The van der Waals surface area contributed by atoms with E-state index in [-0.39, 0.29) is 0 Å². The summed E-state index contributed by atoms with van der Waals surface area (Å²) in [5.74, 6) is 5.10. The number of carbonyl (C=O) groups is 1. The summed E-state index contributed by atoms with van der Waals surface area (Å²) in [5.41, 5.74) is 0. The van der Waals surface area contributed by atoms with Crippen LogP contribution in [0.4, 0.5) is 0 Å². The lowest BCUT2D eigenvalue weighted by atomic mass is 9.89. The standard InChI is InChI=1S/C7H10.C3H6O2/c1-2-4-6-5(3-1)7(4)6;1-2-5-3-4/h4-7H,1-3H2;3H,2H2,1H3. The number of rotatable bonds is 2. The highest BCUT2D eigenvalue weighted by molar-refractivity contribution is 5.36. The van der Waals surface area contributed by atoms with Crippen LogP contribution in [-0.2, 0) is 9.53 Å². The van der Waals surface area contributed by atoms with Crippen LogP contribution in [0.2, 0.25) is 0 Å². The molecule has 0 heterocycles. The summed E-state index contributed by atoms with van der Waals surface area (Å²) in [7, 11) is 0. The average molecular weight is 168 g/mol. The molecular weight excluding hydrogens is 152 g/mol. The Morgan fingerprint density at radius 1 is 1.33 bits per heavy atom. The first-order valence-electron chi connectivity index (χ1n) is 4.95. The molecule has 0 N–H and O–H groups in total. The zero-order valence-electron chi connectivity index (χ0n) is 7.53. The van der Waals surface area contributed by atoms with Crippen molar-refractivity contribution in [1.82, 2.24) is 0 Å². The fraction of sp³-hybridized carbons (Fsp3) is 0.900. The Hall–Kier alpha value is -0.530. The van der Waals surface area contributed by atoms with Gasteiger partial charge in [0.15, 0.2) is 0 Å². The van der Waals surface area contributed by atoms with Crippen molar-refractivity contribution in [1.29, 1.82) is 0 Å². The second-order valence-corrected chi connectivity index (χ2v) is 3.96. The maximum absolute atomic E-state index is 9.18. The van der Waals surface area contributed by atoms with E-state index in [2.05, 4.69) is 4.74 Å². The summed E-state index contributed by atoms with van der Waals surface area (Å²) in [4.78, 5) is 9.18. The van der Waals surface area contributed by atoms with Crippen LogP contribution < -0.4 is 0 Å². The van der Waals surface area contributed by atoms with Gasteiger partial charge in [-0.2, -0.15) is 0 Å². The monoisotopic (exact) mass is 168 g/mol. The Morgan fingerprint density at radius 3 is 2.08 bits per heavy atom.